The number of methoxy groups -OCH3 is 1. The van der Waals surface area contributed by atoms with Crippen LogP contribution in [0.4, 0.5) is 4.79 Å². The molecular weight excluding hydrogens is 475 g/mol. The van der Waals surface area contributed by atoms with Gasteiger partial charge in [0.05, 0.1) is 13.7 Å². The molecule has 0 aromatic heterocycles. The molecule has 1 rings (SSSR count). The van der Waals surface area contributed by atoms with E-state index < -0.39 is 11.7 Å². The van der Waals surface area contributed by atoms with Crippen LogP contribution >= 0.6 is 24.0 Å². The number of benzene rings is 1. The molecule has 1 amide bonds. The van der Waals surface area contributed by atoms with Crippen molar-refractivity contribution in [3.05, 3.63) is 24.3 Å². The number of nitrogens with zero attached hydrogens (tertiary/aromatic N) is 1. The molecule has 28 heavy (non-hydrogen) atoms. The normalized spacial score (nSPS) is 12.3. The Balaban J connectivity index is 0.00000729. The number of aliphatic imine (C=N–C) groups is 1. The Hall–Kier alpha value is -1.91. The summed E-state index contributed by atoms with van der Waals surface area (Å²) in [7, 11) is 3.31. The molecule has 8 nitrogen and oxygen atoms in total. The van der Waals surface area contributed by atoms with Gasteiger partial charge in [0.2, 0.25) is 0 Å². The SMILES string of the molecule is CN=C(NCCNC(=O)OC(C)(C)C)NCC(C)Oc1cccc(OC)c1.I. The van der Waals surface area contributed by atoms with Gasteiger partial charge in [0, 0.05) is 26.2 Å². The average molecular weight is 508 g/mol. The number of ether oxygens (including phenoxy) is 3. The van der Waals surface area contributed by atoms with Crippen LogP contribution in [0, 0.1) is 0 Å². The Kier molecular flexibility index (Phi) is 12.4. The highest BCUT2D eigenvalue weighted by atomic mass is 127. The highest BCUT2D eigenvalue weighted by Crippen LogP contribution is 2.19. The van der Waals surface area contributed by atoms with Crippen LogP contribution in [0.2, 0.25) is 0 Å². The van der Waals surface area contributed by atoms with E-state index in [2.05, 4.69) is 20.9 Å². The maximum atomic E-state index is 11.6. The molecule has 0 saturated carbocycles. The number of hydrogen-bond acceptors (Lipinski definition) is 5. The van der Waals surface area contributed by atoms with Gasteiger partial charge in [-0.2, -0.15) is 0 Å². The predicted octanol–water partition coefficient (Wildman–Crippen LogP) is 2.77. The van der Waals surface area contributed by atoms with Gasteiger partial charge in [-0.25, -0.2) is 4.79 Å². The van der Waals surface area contributed by atoms with Crippen LogP contribution < -0.4 is 25.4 Å². The van der Waals surface area contributed by atoms with Crippen LogP contribution in [0.25, 0.3) is 0 Å². The third-order valence-electron chi connectivity index (χ3n) is 3.24. The van der Waals surface area contributed by atoms with Crippen molar-refractivity contribution in [3.63, 3.8) is 0 Å². The van der Waals surface area contributed by atoms with Crippen molar-refractivity contribution < 1.29 is 19.0 Å². The summed E-state index contributed by atoms with van der Waals surface area (Å²) in [5, 5.41) is 8.99. The van der Waals surface area contributed by atoms with Crippen molar-refractivity contribution in [1.29, 1.82) is 0 Å². The minimum absolute atomic E-state index is 0. The van der Waals surface area contributed by atoms with Gasteiger partial charge < -0.3 is 30.2 Å². The van der Waals surface area contributed by atoms with Crippen molar-refractivity contribution in [2.45, 2.75) is 39.4 Å². The monoisotopic (exact) mass is 508 g/mol. The number of amides is 1. The molecule has 0 aliphatic heterocycles. The molecule has 0 fully saturated rings. The quantitative estimate of drug-likeness (QED) is 0.217. The number of carbonyl (C=O) groups is 1. The zero-order valence-electron chi connectivity index (χ0n) is 17.5. The van der Waals surface area contributed by atoms with E-state index in [0.29, 0.717) is 25.6 Å². The summed E-state index contributed by atoms with van der Waals surface area (Å²) in [6, 6.07) is 7.47. The molecule has 0 radical (unpaired) electrons. The number of carbonyl (C=O) groups excluding carboxylic acids is 1. The summed E-state index contributed by atoms with van der Waals surface area (Å²) >= 11 is 0. The van der Waals surface area contributed by atoms with Gasteiger partial charge in [0.1, 0.15) is 23.2 Å². The molecule has 1 aromatic carbocycles. The molecule has 0 aliphatic carbocycles. The minimum Gasteiger partial charge on any atom is -0.497 e. The highest BCUT2D eigenvalue weighted by Gasteiger charge is 2.15. The number of hydrogen-bond donors (Lipinski definition) is 3. The maximum Gasteiger partial charge on any atom is 0.407 e. The Labute approximate surface area is 184 Å². The molecule has 1 atom stereocenters. The number of guanidine groups is 1. The van der Waals surface area contributed by atoms with Gasteiger partial charge in [0.25, 0.3) is 0 Å². The van der Waals surface area contributed by atoms with Gasteiger partial charge >= 0.3 is 6.09 Å². The Morgan fingerprint density at radius 3 is 2.39 bits per heavy atom. The molecule has 0 aliphatic rings. The van der Waals surface area contributed by atoms with E-state index in [0.717, 1.165) is 11.5 Å². The van der Waals surface area contributed by atoms with E-state index in [4.69, 9.17) is 14.2 Å². The zero-order valence-corrected chi connectivity index (χ0v) is 19.8. The lowest BCUT2D eigenvalue weighted by Gasteiger charge is -2.20. The Morgan fingerprint density at radius 1 is 1.14 bits per heavy atom. The molecule has 1 aromatic rings. The van der Waals surface area contributed by atoms with Crippen LogP contribution in [0.5, 0.6) is 11.5 Å². The third kappa shape index (κ3) is 11.7. The first-order valence-electron chi connectivity index (χ1n) is 8.95. The van der Waals surface area contributed by atoms with E-state index in [1.54, 1.807) is 14.2 Å². The highest BCUT2D eigenvalue weighted by molar-refractivity contribution is 14.0. The van der Waals surface area contributed by atoms with Crippen LogP contribution in [0.15, 0.2) is 29.3 Å². The van der Waals surface area contributed by atoms with Crippen molar-refractivity contribution in [2.24, 2.45) is 4.99 Å². The molecule has 160 valence electrons. The topological polar surface area (TPSA) is 93.2 Å². The summed E-state index contributed by atoms with van der Waals surface area (Å²) in [6.07, 6.45) is -0.511. The lowest BCUT2D eigenvalue weighted by atomic mass is 10.2. The van der Waals surface area contributed by atoms with Crippen LogP contribution in [-0.4, -0.2) is 57.5 Å². The second-order valence-electron chi connectivity index (χ2n) is 6.92. The molecule has 9 heteroatoms. The van der Waals surface area contributed by atoms with Gasteiger partial charge in [-0.3, -0.25) is 4.99 Å². The van der Waals surface area contributed by atoms with Crippen molar-refractivity contribution in [1.82, 2.24) is 16.0 Å². The number of alkyl carbamates (subject to hydrolysis) is 1. The first-order valence-corrected chi connectivity index (χ1v) is 8.95. The van der Waals surface area contributed by atoms with E-state index >= 15 is 0 Å². The fraction of sp³-hybridized carbons (Fsp3) is 0.579. The third-order valence-corrected chi connectivity index (χ3v) is 3.24. The lowest BCUT2D eigenvalue weighted by molar-refractivity contribution is 0.0529. The molecule has 0 saturated heterocycles. The molecule has 0 spiro atoms. The van der Waals surface area contributed by atoms with Crippen LogP contribution in [0.3, 0.4) is 0 Å². The van der Waals surface area contributed by atoms with Crippen molar-refractivity contribution in [3.8, 4) is 11.5 Å². The van der Waals surface area contributed by atoms with Gasteiger partial charge in [-0.05, 0) is 39.8 Å². The van der Waals surface area contributed by atoms with E-state index in [1.807, 2.05) is 52.0 Å². The molecular formula is C19H33IN4O4. The lowest BCUT2D eigenvalue weighted by Crippen LogP contribution is -2.44. The van der Waals surface area contributed by atoms with Crippen molar-refractivity contribution >= 4 is 36.0 Å². The van der Waals surface area contributed by atoms with Crippen molar-refractivity contribution in [2.75, 3.05) is 33.8 Å². The Morgan fingerprint density at radius 2 is 1.79 bits per heavy atom. The summed E-state index contributed by atoms with van der Waals surface area (Å²) in [5.74, 6) is 2.12. The van der Waals surface area contributed by atoms with E-state index in [-0.39, 0.29) is 30.1 Å². The summed E-state index contributed by atoms with van der Waals surface area (Å²) in [5.41, 5.74) is -0.506. The minimum atomic E-state index is -0.506. The number of rotatable bonds is 8. The van der Waals surface area contributed by atoms with Gasteiger partial charge in [-0.1, -0.05) is 6.07 Å². The average Bonchev–Trinajstić information content (AvgIpc) is 2.59. The molecule has 0 heterocycles. The summed E-state index contributed by atoms with van der Waals surface area (Å²) in [4.78, 5) is 15.7. The number of nitrogens with one attached hydrogen (secondary N) is 3. The standard InChI is InChI=1S/C19H32N4O4.HI/c1-14(26-16-9-7-8-15(12-16)25-6)13-23-17(20-5)21-10-11-22-18(24)27-19(2,3)4;/h7-9,12,14H,10-11,13H2,1-6H3,(H,22,24)(H2,20,21,23);1H. The maximum absolute atomic E-state index is 11.6. The van der Waals surface area contributed by atoms with Gasteiger partial charge in [-0.15, -0.1) is 24.0 Å². The first kappa shape index (κ1) is 26.1. The summed E-state index contributed by atoms with van der Waals surface area (Å²) < 4.78 is 16.2. The number of halogens is 1. The molecule has 3 N–H and O–H groups in total. The zero-order chi connectivity index (χ0) is 20.3. The second kappa shape index (κ2) is 13.3. The smallest absolute Gasteiger partial charge is 0.407 e. The van der Waals surface area contributed by atoms with Gasteiger partial charge in [0.15, 0.2) is 5.96 Å². The van der Waals surface area contributed by atoms with E-state index in [9.17, 15) is 4.79 Å². The Bertz CT molecular complexity index is 620. The summed E-state index contributed by atoms with van der Waals surface area (Å²) in [6.45, 7) is 8.94. The fourth-order valence-corrected chi connectivity index (χ4v) is 2.07. The van der Waals surface area contributed by atoms with E-state index in [1.165, 1.54) is 0 Å². The molecule has 1 unspecified atom stereocenters. The van der Waals surface area contributed by atoms with Crippen LogP contribution in [-0.2, 0) is 4.74 Å². The first-order chi connectivity index (χ1) is 12.7. The molecule has 0 bridgehead atoms. The largest absolute Gasteiger partial charge is 0.497 e. The fourth-order valence-electron chi connectivity index (χ4n) is 2.07. The second-order valence-corrected chi connectivity index (χ2v) is 6.92. The van der Waals surface area contributed by atoms with Crippen LogP contribution in [0.1, 0.15) is 27.7 Å². The predicted molar refractivity (Wildman–Crippen MR) is 122 cm³/mol.